The van der Waals surface area contributed by atoms with Gasteiger partial charge in [-0.1, -0.05) is 29.4 Å². The Hall–Kier alpha value is -1.68. The molecular weight excluding hydrogens is 226 g/mol. The van der Waals surface area contributed by atoms with Crippen LogP contribution in [0.5, 0.6) is 0 Å². The molecular formula is C14H15N3O. The summed E-state index contributed by atoms with van der Waals surface area (Å²) in [6.45, 7) is 2.01. The summed E-state index contributed by atoms with van der Waals surface area (Å²) in [5.41, 5.74) is 2.77. The summed E-state index contributed by atoms with van der Waals surface area (Å²) in [6.07, 6.45) is 2.14. The molecule has 1 aromatic heterocycles. The Morgan fingerprint density at radius 2 is 2.22 bits per heavy atom. The van der Waals surface area contributed by atoms with Crippen molar-refractivity contribution in [1.82, 2.24) is 15.5 Å². The Labute approximate surface area is 105 Å². The van der Waals surface area contributed by atoms with Gasteiger partial charge in [0, 0.05) is 6.54 Å². The third-order valence-electron chi connectivity index (χ3n) is 4.03. The minimum atomic E-state index is 0.341. The Kier molecular flexibility index (Phi) is 2.23. The van der Waals surface area contributed by atoms with Gasteiger partial charge >= 0.3 is 0 Å². The number of aromatic nitrogens is 2. The standard InChI is InChI=1S/C14H15N3O/c1-2-4-11-9(3-1)7-12(11)13-16-14(18-17-13)10-5-6-15-8-10/h1-4,10,12,15H,5-8H2. The highest BCUT2D eigenvalue weighted by Gasteiger charge is 2.32. The van der Waals surface area contributed by atoms with Crippen LogP contribution in [-0.2, 0) is 6.42 Å². The molecule has 0 radical (unpaired) electrons. The third-order valence-corrected chi connectivity index (χ3v) is 4.03. The van der Waals surface area contributed by atoms with Gasteiger partial charge in [0.15, 0.2) is 5.82 Å². The van der Waals surface area contributed by atoms with Gasteiger partial charge in [-0.2, -0.15) is 4.98 Å². The number of nitrogens with one attached hydrogen (secondary N) is 1. The van der Waals surface area contributed by atoms with Gasteiger partial charge in [0.1, 0.15) is 0 Å². The van der Waals surface area contributed by atoms with Gasteiger partial charge in [-0.05, 0) is 30.5 Å². The van der Waals surface area contributed by atoms with Gasteiger partial charge in [0.2, 0.25) is 5.89 Å². The molecule has 2 atom stereocenters. The van der Waals surface area contributed by atoms with Crippen LogP contribution in [0.25, 0.3) is 0 Å². The number of hydrogen-bond donors (Lipinski definition) is 1. The SMILES string of the molecule is c1ccc2c(c1)CC2c1noc(C2CCNC2)n1. The van der Waals surface area contributed by atoms with E-state index in [1.807, 2.05) is 0 Å². The first-order valence-corrected chi connectivity index (χ1v) is 6.54. The number of hydrogen-bond acceptors (Lipinski definition) is 4. The molecule has 4 rings (SSSR count). The zero-order valence-electron chi connectivity index (χ0n) is 10.1. The number of rotatable bonds is 2. The molecule has 2 unspecified atom stereocenters. The second-order valence-corrected chi connectivity index (χ2v) is 5.14. The van der Waals surface area contributed by atoms with Crippen molar-refractivity contribution in [2.75, 3.05) is 13.1 Å². The molecule has 1 N–H and O–H groups in total. The van der Waals surface area contributed by atoms with E-state index in [-0.39, 0.29) is 0 Å². The summed E-state index contributed by atoms with van der Waals surface area (Å²) >= 11 is 0. The molecule has 0 amide bonds. The van der Waals surface area contributed by atoms with Gasteiger partial charge in [-0.25, -0.2) is 0 Å². The maximum atomic E-state index is 5.42. The Morgan fingerprint density at radius 1 is 1.28 bits per heavy atom. The quantitative estimate of drug-likeness (QED) is 0.871. The van der Waals surface area contributed by atoms with Crippen molar-refractivity contribution in [3.8, 4) is 0 Å². The van der Waals surface area contributed by atoms with Crippen LogP contribution in [0.15, 0.2) is 28.8 Å². The normalized spacial score (nSPS) is 25.8. The fraction of sp³-hybridized carbons (Fsp3) is 0.429. The molecule has 1 aliphatic carbocycles. The van der Waals surface area contributed by atoms with Gasteiger partial charge in [-0.15, -0.1) is 0 Å². The smallest absolute Gasteiger partial charge is 0.231 e. The summed E-state index contributed by atoms with van der Waals surface area (Å²) in [7, 11) is 0. The lowest BCUT2D eigenvalue weighted by molar-refractivity contribution is 0.352. The molecule has 2 heterocycles. The monoisotopic (exact) mass is 241 g/mol. The van der Waals surface area contributed by atoms with Crippen LogP contribution in [0.4, 0.5) is 0 Å². The summed E-state index contributed by atoms with van der Waals surface area (Å²) in [5.74, 6) is 2.41. The van der Waals surface area contributed by atoms with Crippen molar-refractivity contribution < 1.29 is 4.52 Å². The Morgan fingerprint density at radius 3 is 3.06 bits per heavy atom. The maximum Gasteiger partial charge on any atom is 0.231 e. The average Bonchev–Trinajstić information content (AvgIpc) is 3.00. The molecule has 4 nitrogen and oxygen atoms in total. The minimum absolute atomic E-state index is 0.341. The second kappa shape index (κ2) is 3.92. The number of nitrogens with zero attached hydrogens (tertiary/aromatic N) is 2. The average molecular weight is 241 g/mol. The lowest BCUT2D eigenvalue weighted by Gasteiger charge is -2.27. The van der Waals surface area contributed by atoms with E-state index in [1.54, 1.807) is 0 Å². The van der Waals surface area contributed by atoms with E-state index in [0.29, 0.717) is 11.8 Å². The molecule has 0 bridgehead atoms. The predicted octanol–water partition coefficient (Wildman–Crippen LogP) is 1.83. The fourth-order valence-electron chi connectivity index (χ4n) is 2.91. The van der Waals surface area contributed by atoms with Gasteiger partial charge < -0.3 is 9.84 Å². The molecule has 2 aromatic rings. The summed E-state index contributed by atoms with van der Waals surface area (Å²) in [6, 6.07) is 8.50. The van der Waals surface area contributed by atoms with Crippen molar-refractivity contribution >= 4 is 0 Å². The van der Waals surface area contributed by atoms with Crippen molar-refractivity contribution in [1.29, 1.82) is 0 Å². The largest absolute Gasteiger partial charge is 0.339 e. The van der Waals surface area contributed by atoms with Gasteiger partial charge in [-0.3, -0.25) is 0 Å². The van der Waals surface area contributed by atoms with E-state index >= 15 is 0 Å². The molecule has 1 fully saturated rings. The number of fused-ring (bicyclic) bond motifs is 1. The van der Waals surface area contributed by atoms with Crippen LogP contribution in [0.1, 0.15) is 41.1 Å². The Balaban J connectivity index is 1.60. The molecule has 1 aliphatic heterocycles. The van der Waals surface area contributed by atoms with Crippen molar-refractivity contribution in [3.63, 3.8) is 0 Å². The molecule has 0 saturated carbocycles. The summed E-state index contributed by atoms with van der Waals surface area (Å²) < 4.78 is 5.42. The van der Waals surface area contributed by atoms with Crippen LogP contribution >= 0.6 is 0 Å². The first-order chi connectivity index (χ1) is 8.92. The van der Waals surface area contributed by atoms with E-state index < -0.39 is 0 Å². The third kappa shape index (κ3) is 1.49. The molecule has 92 valence electrons. The molecule has 1 saturated heterocycles. The second-order valence-electron chi connectivity index (χ2n) is 5.14. The van der Waals surface area contributed by atoms with Crippen LogP contribution in [0.3, 0.4) is 0 Å². The van der Waals surface area contributed by atoms with E-state index in [1.165, 1.54) is 11.1 Å². The first-order valence-electron chi connectivity index (χ1n) is 6.54. The van der Waals surface area contributed by atoms with Crippen LogP contribution in [0, 0.1) is 0 Å². The van der Waals surface area contributed by atoms with Crippen LogP contribution < -0.4 is 5.32 Å². The molecule has 2 aliphatic rings. The van der Waals surface area contributed by atoms with E-state index in [9.17, 15) is 0 Å². The lowest BCUT2D eigenvalue weighted by Crippen LogP contribution is -2.19. The van der Waals surface area contributed by atoms with Gasteiger partial charge in [0.25, 0.3) is 0 Å². The van der Waals surface area contributed by atoms with E-state index in [0.717, 1.165) is 37.6 Å². The highest BCUT2D eigenvalue weighted by atomic mass is 16.5. The van der Waals surface area contributed by atoms with Crippen LogP contribution in [0.2, 0.25) is 0 Å². The summed E-state index contributed by atoms with van der Waals surface area (Å²) in [4.78, 5) is 4.60. The van der Waals surface area contributed by atoms with Crippen molar-refractivity contribution in [3.05, 3.63) is 47.1 Å². The lowest BCUT2D eigenvalue weighted by atomic mass is 9.77. The zero-order valence-corrected chi connectivity index (χ0v) is 10.1. The minimum Gasteiger partial charge on any atom is -0.339 e. The molecule has 4 heteroatoms. The highest BCUT2D eigenvalue weighted by Crippen LogP contribution is 2.38. The molecule has 18 heavy (non-hydrogen) atoms. The number of benzene rings is 1. The van der Waals surface area contributed by atoms with Gasteiger partial charge in [0.05, 0.1) is 11.8 Å². The first kappa shape index (κ1) is 10.3. The topological polar surface area (TPSA) is 51.0 Å². The maximum absolute atomic E-state index is 5.42. The van der Waals surface area contributed by atoms with Crippen molar-refractivity contribution in [2.24, 2.45) is 0 Å². The van der Waals surface area contributed by atoms with E-state index in [2.05, 4.69) is 39.7 Å². The predicted molar refractivity (Wildman–Crippen MR) is 66.5 cm³/mol. The molecule has 0 spiro atoms. The molecule has 1 aromatic carbocycles. The highest BCUT2D eigenvalue weighted by molar-refractivity contribution is 5.43. The van der Waals surface area contributed by atoms with Crippen molar-refractivity contribution in [2.45, 2.75) is 24.7 Å². The fourth-order valence-corrected chi connectivity index (χ4v) is 2.91. The van der Waals surface area contributed by atoms with E-state index in [4.69, 9.17) is 4.52 Å². The summed E-state index contributed by atoms with van der Waals surface area (Å²) in [5, 5.41) is 7.49. The zero-order chi connectivity index (χ0) is 11.9. The van der Waals surface area contributed by atoms with Crippen LogP contribution in [-0.4, -0.2) is 23.2 Å². The Bertz CT molecular complexity index is 572.